The number of hydrogen-bond acceptors (Lipinski definition) is 2. The summed E-state index contributed by atoms with van der Waals surface area (Å²) in [6.07, 6.45) is 2.58. The Balaban J connectivity index is 2.07. The molecular formula is C15H23NO. The summed E-state index contributed by atoms with van der Waals surface area (Å²) in [5, 5.41) is 3.42. The molecule has 1 aliphatic rings. The molecule has 0 aliphatic heterocycles. The van der Waals surface area contributed by atoms with Crippen LogP contribution in [0.25, 0.3) is 0 Å². The lowest BCUT2D eigenvalue weighted by Crippen LogP contribution is -2.28. The lowest BCUT2D eigenvalue weighted by molar-refractivity contribution is 0.340. The number of nitrogens with one attached hydrogen (secondary N) is 1. The molecule has 1 aromatic carbocycles. The Morgan fingerprint density at radius 3 is 2.47 bits per heavy atom. The van der Waals surface area contributed by atoms with Crippen molar-refractivity contribution < 1.29 is 4.74 Å². The summed E-state index contributed by atoms with van der Waals surface area (Å²) in [6.45, 7) is 5.11. The van der Waals surface area contributed by atoms with E-state index in [1.165, 1.54) is 18.4 Å². The van der Waals surface area contributed by atoms with Crippen LogP contribution < -0.4 is 10.1 Å². The molecule has 2 nitrogen and oxygen atoms in total. The maximum Gasteiger partial charge on any atom is 0.119 e. The van der Waals surface area contributed by atoms with Crippen LogP contribution in [0.4, 0.5) is 0 Å². The number of hydrogen-bond donors (Lipinski definition) is 1. The summed E-state index contributed by atoms with van der Waals surface area (Å²) in [5.74, 6) is 2.40. The Kier molecular flexibility index (Phi) is 4.06. The standard InChI is InChI=1S/C15H23NO/c1-4-17-13-7-5-12(6-8-13)14-9-10-15(16-3)11(14)2/h5-8,11,14-16H,4,9-10H2,1-3H3. The van der Waals surface area contributed by atoms with Crippen LogP contribution in [-0.4, -0.2) is 19.7 Å². The summed E-state index contributed by atoms with van der Waals surface area (Å²) in [7, 11) is 2.07. The molecule has 0 radical (unpaired) electrons. The van der Waals surface area contributed by atoms with Crippen molar-refractivity contribution in [1.29, 1.82) is 0 Å². The van der Waals surface area contributed by atoms with Crippen LogP contribution in [-0.2, 0) is 0 Å². The molecule has 0 spiro atoms. The highest BCUT2D eigenvalue weighted by Gasteiger charge is 2.32. The van der Waals surface area contributed by atoms with E-state index in [9.17, 15) is 0 Å². The second-order valence-electron chi connectivity index (χ2n) is 4.94. The minimum atomic E-state index is 0.673. The normalized spacial score (nSPS) is 28.3. The first-order chi connectivity index (χ1) is 8.26. The smallest absolute Gasteiger partial charge is 0.119 e. The van der Waals surface area contributed by atoms with Gasteiger partial charge in [0.25, 0.3) is 0 Å². The molecule has 0 saturated heterocycles. The fraction of sp³-hybridized carbons (Fsp3) is 0.600. The van der Waals surface area contributed by atoms with Crippen LogP contribution in [0.1, 0.15) is 38.2 Å². The predicted octanol–water partition coefficient (Wildman–Crippen LogP) is 3.19. The van der Waals surface area contributed by atoms with Crippen molar-refractivity contribution in [3.63, 3.8) is 0 Å². The summed E-state index contributed by atoms with van der Waals surface area (Å²) >= 11 is 0. The van der Waals surface area contributed by atoms with Gasteiger partial charge in [-0.15, -0.1) is 0 Å². The van der Waals surface area contributed by atoms with Crippen molar-refractivity contribution in [3.05, 3.63) is 29.8 Å². The second-order valence-corrected chi connectivity index (χ2v) is 4.94. The highest BCUT2D eigenvalue weighted by molar-refractivity contribution is 5.30. The molecule has 1 saturated carbocycles. The van der Waals surface area contributed by atoms with Gasteiger partial charge in [0.2, 0.25) is 0 Å². The van der Waals surface area contributed by atoms with Gasteiger partial charge in [-0.1, -0.05) is 19.1 Å². The van der Waals surface area contributed by atoms with Crippen LogP contribution in [0.2, 0.25) is 0 Å². The molecule has 2 rings (SSSR count). The largest absolute Gasteiger partial charge is 0.494 e. The quantitative estimate of drug-likeness (QED) is 0.862. The number of ether oxygens (including phenoxy) is 1. The van der Waals surface area contributed by atoms with E-state index < -0.39 is 0 Å². The van der Waals surface area contributed by atoms with Crippen molar-refractivity contribution in [2.45, 2.75) is 38.6 Å². The summed E-state index contributed by atoms with van der Waals surface area (Å²) < 4.78 is 5.48. The predicted molar refractivity (Wildman–Crippen MR) is 71.6 cm³/mol. The van der Waals surface area contributed by atoms with E-state index in [2.05, 4.69) is 43.6 Å². The molecule has 0 bridgehead atoms. The maximum atomic E-state index is 5.48. The Bertz CT molecular complexity index is 346. The highest BCUT2D eigenvalue weighted by atomic mass is 16.5. The van der Waals surface area contributed by atoms with Crippen LogP contribution >= 0.6 is 0 Å². The van der Waals surface area contributed by atoms with Gasteiger partial charge >= 0.3 is 0 Å². The molecule has 1 fully saturated rings. The lowest BCUT2D eigenvalue weighted by Gasteiger charge is -2.20. The van der Waals surface area contributed by atoms with Gasteiger partial charge in [0, 0.05) is 6.04 Å². The van der Waals surface area contributed by atoms with Gasteiger partial charge in [-0.2, -0.15) is 0 Å². The molecule has 0 heterocycles. The molecule has 1 aromatic rings. The first-order valence-electron chi connectivity index (χ1n) is 6.66. The van der Waals surface area contributed by atoms with Crippen LogP contribution in [0.5, 0.6) is 5.75 Å². The molecule has 1 N–H and O–H groups in total. The molecule has 2 heteroatoms. The van der Waals surface area contributed by atoms with E-state index in [1.54, 1.807) is 0 Å². The monoisotopic (exact) mass is 233 g/mol. The van der Waals surface area contributed by atoms with Gasteiger partial charge < -0.3 is 10.1 Å². The zero-order valence-electron chi connectivity index (χ0n) is 11.1. The number of rotatable bonds is 4. The van der Waals surface area contributed by atoms with Crippen molar-refractivity contribution in [2.75, 3.05) is 13.7 Å². The van der Waals surface area contributed by atoms with Gasteiger partial charge in [0.05, 0.1) is 6.61 Å². The van der Waals surface area contributed by atoms with Crippen LogP contribution in [0, 0.1) is 5.92 Å². The molecule has 3 unspecified atom stereocenters. The van der Waals surface area contributed by atoms with Crippen molar-refractivity contribution in [3.8, 4) is 5.75 Å². The zero-order chi connectivity index (χ0) is 12.3. The van der Waals surface area contributed by atoms with Crippen LogP contribution in [0.15, 0.2) is 24.3 Å². The summed E-state index contributed by atoms with van der Waals surface area (Å²) in [6, 6.07) is 9.32. The average molecular weight is 233 g/mol. The summed E-state index contributed by atoms with van der Waals surface area (Å²) in [5.41, 5.74) is 1.46. The van der Waals surface area contributed by atoms with Gasteiger partial charge in [-0.05, 0) is 56.3 Å². The molecular weight excluding hydrogens is 210 g/mol. The fourth-order valence-corrected chi connectivity index (χ4v) is 3.02. The lowest BCUT2D eigenvalue weighted by atomic mass is 9.89. The van der Waals surface area contributed by atoms with Crippen molar-refractivity contribution >= 4 is 0 Å². The van der Waals surface area contributed by atoms with E-state index in [0.717, 1.165) is 18.3 Å². The Morgan fingerprint density at radius 1 is 1.24 bits per heavy atom. The molecule has 1 aliphatic carbocycles. The molecule has 94 valence electrons. The van der Waals surface area contributed by atoms with Crippen molar-refractivity contribution in [1.82, 2.24) is 5.32 Å². The molecule has 17 heavy (non-hydrogen) atoms. The first kappa shape index (κ1) is 12.4. The number of benzene rings is 1. The maximum absolute atomic E-state index is 5.48. The first-order valence-corrected chi connectivity index (χ1v) is 6.66. The average Bonchev–Trinajstić information content (AvgIpc) is 2.72. The Hall–Kier alpha value is -1.02. The fourth-order valence-electron chi connectivity index (χ4n) is 3.02. The van der Waals surface area contributed by atoms with E-state index in [-0.39, 0.29) is 0 Å². The van der Waals surface area contributed by atoms with Crippen molar-refractivity contribution in [2.24, 2.45) is 5.92 Å². The topological polar surface area (TPSA) is 21.3 Å². The third-order valence-corrected chi connectivity index (χ3v) is 4.05. The molecule has 0 amide bonds. The summed E-state index contributed by atoms with van der Waals surface area (Å²) in [4.78, 5) is 0. The van der Waals surface area contributed by atoms with Gasteiger partial charge in [-0.25, -0.2) is 0 Å². The minimum Gasteiger partial charge on any atom is -0.494 e. The van der Waals surface area contributed by atoms with E-state index >= 15 is 0 Å². The molecule has 3 atom stereocenters. The minimum absolute atomic E-state index is 0.673. The Morgan fingerprint density at radius 2 is 1.94 bits per heavy atom. The highest BCUT2D eigenvalue weighted by Crippen LogP contribution is 2.39. The van der Waals surface area contributed by atoms with Gasteiger partial charge in [0.1, 0.15) is 5.75 Å². The third kappa shape index (κ3) is 2.63. The van der Waals surface area contributed by atoms with E-state index in [4.69, 9.17) is 4.74 Å². The Labute approximate surface area is 104 Å². The molecule has 0 aromatic heterocycles. The van der Waals surface area contributed by atoms with E-state index in [1.807, 2.05) is 6.92 Å². The SMILES string of the molecule is CCOc1ccc(C2CCC(NC)C2C)cc1. The third-order valence-electron chi connectivity index (χ3n) is 4.05. The second kappa shape index (κ2) is 5.54. The van der Waals surface area contributed by atoms with Crippen LogP contribution in [0.3, 0.4) is 0 Å². The zero-order valence-corrected chi connectivity index (χ0v) is 11.1. The van der Waals surface area contributed by atoms with Gasteiger partial charge in [-0.3, -0.25) is 0 Å². The van der Waals surface area contributed by atoms with Gasteiger partial charge in [0.15, 0.2) is 0 Å². The van der Waals surface area contributed by atoms with E-state index in [0.29, 0.717) is 12.0 Å².